The molecule has 1 atom stereocenters. The van der Waals surface area contributed by atoms with Gasteiger partial charge in [0.05, 0.1) is 6.61 Å². The predicted octanol–water partition coefficient (Wildman–Crippen LogP) is 1.96. The Kier molecular flexibility index (Phi) is 9.01. The van der Waals surface area contributed by atoms with Crippen LogP contribution < -0.4 is 10.1 Å². The first-order valence-electron chi connectivity index (χ1n) is 6.31. The van der Waals surface area contributed by atoms with E-state index in [1.807, 2.05) is 0 Å². The minimum atomic E-state index is -0.761. The Labute approximate surface area is 147 Å². The summed E-state index contributed by atoms with van der Waals surface area (Å²) >= 11 is 0. The molecule has 109 valence electrons. The fourth-order valence-corrected chi connectivity index (χ4v) is 1.70. The summed E-state index contributed by atoms with van der Waals surface area (Å²) in [5.74, 6) is -0.572. The maximum absolute atomic E-state index is 12.1. The number of rotatable bonds is 6. The van der Waals surface area contributed by atoms with Gasteiger partial charge in [0.25, 0.3) is 0 Å². The number of allylic oxidation sites excluding steroid dienone is 1. The van der Waals surface area contributed by atoms with E-state index in [4.69, 9.17) is 9.47 Å². The number of ether oxygens (including phenoxy) is 2. The van der Waals surface area contributed by atoms with Crippen LogP contribution in [-0.2, 0) is 14.3 Å². The van der Waals surface area contributed by atoms with Crippen molar-refractivity contribution in [2.24, 2.45) is 0 Å². The SMILES string of the molecule is C=C(C)NC(C(=O)OCC)c1ccccc1OC(C)=O.[Na]. The quantitative estimate of drug-likeness (QED) is 0.494. The van der Waals surface area contributed by atoms with Gasteiger partial charge in [0, 0.05) is 47.7 Å². The van der Waals surface area contributed by atoms with Crippen LogP contribution >= 0.6 is 0 Å². The molecule has 1 N–H and O–H groups in total. The van der Waals surface area contributed by atoms with Crippen LogP contribution in [0.25, 0.3) is 0 Å². The summed E-state index contributed by atoms with van der Waals surface area (Å²) in [6.07, 6.45) is 0. The summed E-state index contributed by atoms with van der Waals surface area (Å²) < 4.78 is 10.2. The molecular weight excluding hydrogens is 281 g/mol. The second-order valence-electron chi connectivity index (χ2n) is 4.24. The third-order valence-electron chi connectivity index (χ3n) is 2.40. The second kappa shape index (κ2) is 9.60. The van der Waals surface area contributed by atoms with Crippen LogP contribution in [0.3, 0.4) is 0 Å². The van der Waals surface area contributed by atoms with E-state index >= 15 is 0 Å². The molecule has 0 bridgehead atoms. The number of hydrogen-bond acceptors (Lipinski definition) is 5. The van der Waals surface area contributed by atoms with Crippen molar-refractivity contribution >= 4 is 41.5 Å². The Morgan fingerprint density at radius 1 is 1.29 bits per heavy atom. The molecule has 0 heterocycles. The molecule has 0 aliphatic rings. The minimum absolute atomic E-state index is 0. The molecule has 0 amide bonds. The van der Waals surface area contributed by atoms with Crippen molar-refractivity contribution in [3.05, 3.63) is 42.1 Å². The van der Waals surface area contributed by atoms with Gasteiger partial charge in [-0.05, 0) is 19.9 Å². The van der Waals surface area contributed by atoms with E-state index in [9.17, 15) is 9.59 Å². The van der Waals surface area contributed by atoms with Crippen molar-refractivity contribution in [2.45, 2.75) is 26.8 Å². The van der Waals surface area contributed by atoms with Crippen molar-refractivity contribution < 1.29 is 19.1 Å². The zero-order valence-electron chi connectivity index (χ0n) is 12.9. The molecule has 1 aromatic carbocycles. The summed E-state index contributed by atoms with van der Waals surface area (Å²) in [5, 5.41) is 2.93. The normalized spacial score (nSPS) is 10.8. The van der Waals surface area contributed by atoms with Gasteiger partial charge in [0.1, 0.15) is 5.75 Å². The molecule has 0 spiro atoms. The first-order valence-corrected chi connectivity index (χ1v) is 6.31. The largest absolute Gasteiger partial charge is 0.464 e. The molecule has 0 fully saturated rings. The van der Waals surface area contributed by atoms with E-state index in [1.165, 1.54) is 6.92 Å². The number of nitrogens with one attached hydrogen (secondary N) is 1. The first kappa shape index (κ1) is 19.7. The molecule has 0 saturated heterocycles. The number of carbonyl (C=O) groups excluding carboxylic acids is 2. The van der Waals surface area contributed by atoms with Gasteiger partial charge < -0.3 is 14.8 Å². The van der Waals surface area contributed by atoms with Gasteiger partial charge in [-0.3, -0.25) is 4.79 Å². The van der Waals surface area contributed by atoms with Gasteiger partial charge in [-0.25, -0.2) is 4.79 Å². The Hall–Kier alpha value is -1.30. The molecule has 0 saturated carbocycles. The molecule has 1 unspecified atom stereocenters. The Balaban J connectivity index is 0.00000400. The maximum atomic E-state index is 12.1. The number of esters is 2. The van der Waals surface area contributed by atoms with Gasteiger partial charge in [-0.1, -0.05) is 24.8 Å². The fraction of sp³-hybridized carbons (Fsp3) is 0.333. The molecule has 5 nitrogen and oxygen atoms in total. The van der Waals surface area contributed by atoms with Gasteiger partial charge >= 0.3 is 11.9 Å². The van der Waals surface area contributed by atoms with E-state index in [0.717, 1.165) is 0 Å². The summed E-state index contributed by atoms with van der Waals surface area (Å²) in [7, 11) is 0. The smallest absolute Gasteiger partial charge is 0.333 e. The predicted molar refractivity (Wildman–Crippen MR) is 80.8 cm³/mol. The van der Waals surface area contributed by atoms with E-state index in [-0.39, 0.29) is 36.2 Å². The zero-order chi connectivity index (χ0) is 15.1. The van der Waals surface area contributed by atoms with E-state index < -0.39 is 18.0 Å². The van der Waals surface area contributed by atoms with Gasteiger partial charge in [-0.2, -0.15) is 0 Å². The summed E-state index contributed by atoms with van der Waals surface area (Å²) in [6, 6.07) is 6.06. The Bertz CT molecular complexity index is 516. The van der Waals surface area contributed by atoms with Crippen LogP contribution in [0.2, 0.25) is 0 Å². The van der Waals surface area contributed by atoms with Gasteiger partial charge in [0.15, 0.2) is 6.04 Å². The third kappa shape index (κ3) is 6.33. The molecular formula is C15H19NNaO4. The van der Waals surface area contributed by atoms with Crippen LogP contribution in [0, 0.1) is 0 Å². The van der Waals surface area contributed by atoms with Crippen LogP contribution in [-0.4, -0.2) is 48.1 Å². The van der Waals surface area contributed by atoms with E-state index in [2.05, 4.69) is 11.9 Å². The summed E-state index contributed by atoms with van der Waals surface area (Å²) in [6.45, 7) is 8.77. The monoisotopic (exact) mass is 300 g/mol. The molecule has 6 heteroatoms. The summed E-state index contributed by atoms with van der Waals surface area (Å²) in [4.78, 5) is 23.2. The molecule has 1 rings (SSSR count). The number of benzene rings is 1. The average molecular weight is 300 g/mol. The van der Waals surface area contributed by atoms with Crippen molar-refractivity contribution in [3.63, 3.8) is 0 Å². The Morgan fingerprint density at radius 2 is 1.90 bits per heavy atom. The second-order valence-corrected chi connectivity index (χ2v) is 4.24. The average Bonchev–Trinajstić information content (AvgIpc) is 2.36. The third-order valence-corrected chi connectivity index (χ3v) is 2.40. The van der Waals surface area contributed by atoms with Crippen molar-refractivity contribution in [1.29, 1.82) is 0 Å². The van der Waals surface area contributed by atoms with Crippen LogP contribution in [0.1, 0.15) is 32.4 Å². The van der Waals surface area contributed by atoms with Gasteiger partial charge in [-0.15, -0.1) is 0 Å². The van der Waals surface area contributed by atoms with Crippen LogP contribution in [0.15, 0.2) is 36.5 Å². The molecule has 0 aliphatic heterocycles. The number of hydrogen-bond donors (Lipinski definition) is 1. The van der Waals surface area contributed by atoms with E-state index in [0.29, 0.717) is 17.0 Å². The fourth-order valence-electron chi connectivity index (χ4n) is 1.70. The molecule has 0 aliphatic carbocycles. The molecule has 1 aromatic rings. The minimum Gasteiger partial charge on any atom is -0.464 e. The van der Waals surface area contributed by atoms with Crippen LogP contribution in [0.5, 0.6) is 5.75 Å². The summed E-state index contributed by atoms with van der Waals surface area (Å²) in [5.41, 5.74) is 1.14. The Morgan fingerprint density at radius 3 is 2.43 bits per heavy atom. The zero-order valence-corrected chi connectivity index (χ0v) is 14.9. The maximum Gasteiger partial charge on any atom is 0.333 e. The van der Waals surface area contributed by atoms with E-state index in [1.54, 1.807) is 38.1 Å². The van der Waals surface area contributed by atoms with Crippen molar-refractivity contribution in [1.82, 2.24) is 5.32 Å². The number of carbonyl (C=O) groups is 2. The van der Waals surface area contributed by atoms with Gasteiger partial charge in [0.2, 0.25) is 0 Å². The molecule has 21 heavy (non-hydrogen) atoms. The van der Waals surface area contributed by atoms with Crippen LogP contribution in [0.4, 0.5) is 0 Å². The molecule has 1 radical (unpaired) electrons. The standard InChI is InChI=1S/C15H19NO4.Na/c1-5-19-15(18)14(16-10(2)3)12-8-6-7-9-13(12)20-11(4)17;/h6-9,14,16H,2,5H2,1,3-4H3;. The van der Waals surface area contributed by atoms with Crippen molar-refractivity contribution in [3.8, 4) is 5.75 Å². The topological polar surface area (TPSA) is 64.6 Å². The molecule has 0 aromatic heterocycles. The number of para-hydroxylation sites is 1. The first-order chi connectivity index (χ1) is 9.45. The van der Waals surface area contributed by atoms with Crippen molar-refractivity contribution in [2.75, 3.05) is 6.61 Å².